The van der Waals surface area contributed by atoms with Gasteiger partial charge in [-0.1, -0.05) is 13.3 Å². The second-order valence-corrected chi connectivity index (χ2v) is 4.36. The molecule has 1 aromatic heterocycles. The highest BCUT2D eigenvalue weighted by atomic mass is 16.4. The van der Waals surface area contributed by atoms with E-state index in [2.05, 4.69) is 15.7 Å². The third kappa shape index (κ3) is 5.41. The van der Waals surface area contributed by atoms with Gasteiger partial charge in [0.2, 0.25) is 0 Å². The van der Waals surface area contributed by atoms with Crippen molar-refractivity contribution < 1.29 is 14.7 Å². The third-order valence-electron chi connectivity index (χ3n) is 2.57. The van der Waals surface area contributed by atoms with Crippen LogP contribution in [0.1, 0.15) is 25.3 Å². The number of aliphatic carboxylic acids is 1. The zero-order valence-corrected chi connectivity index (χ0v) is 11.2. The van der Waals surface area contributed by atoms with Crippen LogP contribution in [0.4, 0.5) is 4.79 Å². The van der Waals surface area contributed by atoms with Crippen LogP contribution in [0.3, 0.4) is 0 Å². The molecule has 0 spiro atoms. The first-order valence-electron chi connectivity index (χ1n) is 6.29. The summed E-state index contributed by atoms with van der Waals surface area (Å²) in [5, 5.41) is 18.0. The van der Waals surface area contributed by atoms with Crippen LogP contribution >= 0.6 is 0 Å². The lowest BCUT2D eigenvalue weighted by atomic mass is 10.2. The molecule has 0 aromatic carbocycles. The Balaban J connectivity index is 2.28. The number of nitrogens with one attached hydrogen (secondary N) is 2. The van der Waals surface area contributed by atoms with Crippen molar-refractivity contribution in [1.82, 2.24) is 20.4 Å². The van der Waals surface area contributed by atoms with Crippen molar-refractivity contribution in [2.45, 2.75) is 39.3 Å². The van der Waals surface area contributed by atoms with E-state index in [1.54, 1.807) is 10.9 Å². The average Bonchev–Trinajstić information content (AvgIpc) is 2.74. The van der Waals surface area contributed by atoms with Crippen molar-refractivity contribution >= 4 is 12.0 Å². The molecule has 0 bridgehead atoms. The number of carbonyl (C=O) groups is 2. The van der Waals surface area contributed by atoms with Crippen molar-refractivity contribution in [3.05, 3.63) is 18.0 Å². The molecule has 0 aliphatic rings. The maximum absolute atomic E-state index is 11.5. The van der Waals surface area contributed by atoms with Gasteiger partial charge in [0.1, 0.15) is 6.04 Å². The van der Waals surface area contributed by atoms with E-state index in [4.69, 9.17) is 5.11 Å². The summed E-state index contributed by atoms with van der Waals surface area (Å²) in [5.74, 6) is -1.01. The van der Waals surface area contributed by atoms with Crippen LogP contribution in [-0.2, 0) is 11.3 Å². The maximum atomic E-state index is 11.5. The van der Waals surface area contributed by atoms with E-state index in [9.17, 15) is 9.59 Å². The van der Waals surface area contributed by atoms with Crippen LogP contribution in [0.15, 0.2) is 12.4 Å². The van der Waals surface area contributed by atoms with Gasteiger partial charge in [0.25, 0.3) is 0 Å². The Labute approximate surface area is 112 Å². The summed E-state index contributed by atoms with van der Waals surface area (Å²) in [7, 11) is 0. The lowest BCUT2D eigenvalue weighted by molar-refractivity contribution is -0.139. The number of carbonyl (C=O) groups excluding carboxylic acids is 1. The predicted octanol–water partition coefficient (Wildman–Crippen LogP) is 0.744. The Morgan fingerprint density at radius 2 is 2.26 bits per heavy atom. The minimum Gasteiger partial charge on any atom is -0.480 e. The van der Waals surface area contributed by atoms with E-state index < -0.39 is 18.0 Å². The number of amides is 2. The predicted molar refractivity (Wildman–Crippen MR) is 69.8 cm³/mol. The molecular formula is C12H20N4O3. The standard InChI is InChI=1S/C12H20N4O3/c1-3-4-10(11(17)18)15-12(19)13-5-6-16-8-9(2)7-14-16/h7-8,10H,3-6H2,1-2H3,(H,17,18)(H2,13,15,19)/t10-/m0/s1. The highest BCUT2D eigenvalue weighted by Gasteiger charge is 2.18. The highest BCUT2D eigenvalue weighted by molar-refractivity contribution is 5.82. The Morgan fingerprint density at radius 3 is 2.79 bits per heavy atom. The van der Waals surface area contributed by atoms with Gasteiger partial charge in [-0.25, -0.2) is 9.59 Å². The van der Waals surface area contributed by atoms with Crippen molar-refractivity contribution in [3.63, 3.8) is 0 Å². The Morgan fingerprint density at radius 1 is 1.53 bits per heavy atom. The summed E-state index contributed by atoms with van der Waals surface area (Å²) in [6.07, 6.45) is 4.73. The van der Waals surface area contributed by atoms with Crippen LogP contribution in [0, 0.1) is 6.92 Å². The quantitative estimate of drug-likeness (QED) is 0.679. The maximum Gasteiger partial charge on any atom is 0.326 e. The van der Waals surface area contributed by atoms with E-state index in [-0.39, 0.29) is 0 Å². The summed E-state index contributed by atoms with van der Waals surface area (Å²) in [4.78, 5) is 22.4. The smallest absolute Gasteiger partial charge is 0.326 e. The normalized spacial score (nSPS) is 11.9. The van der Waals surface area contributed by atoms with E-state index in [1.165, 1.54) is 0 Å². The van der Waals surface area contributed by atoms with Gasteiger partial charge in [-0.15, -0.1) is 0 Å². The molecule has 106 valence electrons. The van der Waals surface area contributed by atoms with Gasteiger partial charge >= 0.3 is 12.0 Å². The molecule has 3 N–H and O–H groups in total. The van der Waals surface area contributed by atoms with Gasteiger partial charge in [0.05, 0.1) is 12.7 Å². The van der Waals surface area contributed by atoms with Gasteiger partial charge < -0.3 is 15.7 Å². The van der Waals surface area contributed by atoms with Crippen LogP contribution in [0.25, 0.3) is 0 Å². The van der Waals surface area contributed by atoms with Crippen molar-refractivity contribution in [2.75, 3.05) is 6.54 Å². The molecule has 0 saturated heterocycles. The molecule has 1 heterocycles. The molecule has 0 fully saturated rings. The zero-order chi connectivity index (χ0) is 14.3. The summed E-state index contributed by atoms with van der Waals surface area (Å²) in [6.45, 7) is 4.75. The van der Waals surface area contributed by atoms with Crippen LogP contribution in [0.2, 0.25) is 0 Å². The van der Waals surface area contributed by atoms with Crippen molar-refractivity contribution in [1.29, 1.82) is 0 Å². The summed E-state index contributed by atoms with van der Waals surface area (Å²) >= 11 is 0. The largest absolute Gasteiger partial charge is 0.480 e. The lowest BCUT2D eigenvalue weighted by Gasteiger charge is -2.14. The Bertz CT molecular complexity index is 430. The van der Waals surface area contributed by atoms with E-state index in [1.807, 2.05) is 20.0 Å². The minimum absolute atomic E-state index is 0.394. The number of urea groups is 1. The SMILES string of the molecule is CCC[C@H](NC(=O)NCCn1cc(C)cn1)C(=O)O. The molecule has 19 heavy (non-hydrogen) atoms. The monoisotopic (exact) mass is 268 g/mol. The number of aromatic nitrogens is 2. The Kier molecular flexibility index (Phi) is 5.84. The molecule has 1 aromatic rings. The van der Waals surface area contributed by atoms with Gasteiger partial charge in [0, 0.05) is 12.7 Å². The summed E-state index contributed by atoms with van der Waals surface area (Å²) in [6, 6.07) is -1.30. The second-order valence-electron chi connectivity index (χ2n) is 4.36. The van der Waals surface area contributed by atoms with Crippen LogP contribution in [0.5, 0.6) is 0 Å². The first kappa shape index (κ1) is 15.0. The number of nitrogens with zero attached hydrogens (tertiary/aromatic N) is 2. The molecule has 1 rings (SSSR count). The van der Waals surface area contributed by atoms with Gasteiger partial charge in [-0.05, 0) is 18.9 Å². The average molecular weight is 268 g/mol. The molecule has 0 unspecified atom stereocenters. The van der Waals surface area contributed by atoms with E-state index >= 15 is 0 Å². The Hall–Kier alpha value is -2.05. The number of rotatable bonds is 7. The summed E-state index contributed by atoms with van der Waals surface area (Å²) < 4.78 is 1.72. The topological polar surface area (TPSA) is 96.3 Å². The lowest BCUT2D eigenvalue weighted by Crippen LogP contribution is -2.46. The van der Waals surface area contributed by atoms with Crippen molar-refractivity contribution in [3.8, 4) is 0 Å². The fourth-order valence-electron chi connectivity index (χ4n) is 1.63. The molecule has 0 aliphatic carbocycles. The number of hydrogen-bond acceptors (Lipinski definition) is 3. The van der Waals surface area contributed by atoms with Crippen LogP contribution < -0.4 is 10.6 Å². The molecule has 0 saturated carbocycles. The first-order valence-corrected chi connectivity index (χ1v) is 6.29. The zero-order valence-electron chi connectivity index (χ0n) is 11.2. The summed E-state index contributed by atoms with van der Waals surface area (Å²) in [5.41, 5.74) is 1.05. The highest BCUT2D eigenvalue weighted by Crippen LogP contribution is 1.96. The number of aryl methyl sites for hydroxylation is 1. The molecule has 0 radical (unpaired) electrons. The molecular weight excluding hydrogens is 248 g/mol. The second kappa shape index (κ2) is 7.40. The third-order valence-corrected chi connectivity index (χ3v) is 2.57. The first-order chi connectivity index (χ1) is 9.02. The number of carboxylic acid groups (broad SMARTS) is 1. The minimum atomic E-state index is -1.01. The molecule has 0 aliphatic heterocycles. The van der Waals surface area contributed by atoms with Crippen molar-refractivity contribution in [2.24, 2.45) is 0 Å². The number of hydrogen-bond donors (Lipinski definition) is 3. The van der Waals surface area contributed by atoms with Crippen LogP contribution in [-0.4, -0.2) is 39.5 Å². The van der Waals surface area contributed by atoms with Gasteiger partial charge in [0.15, 0.2) is 0 Å². The van der Waals surface area contributed by atoms with E-state index in [0.717, 1.165) is 5.56 Å². The van der Waals surface area contributed by atoms with Gasteiger partial charge in [-0.3, -0.25) is 4.68 Å². The fourth-order valence-corrected chi connectivity index (χ4v) is 1.63. The fraction of sp³-hybridized carbons (Fsp3) is 0.583. The van der Waals surface area contributed by atoms with Gasteiger partial charge in [-0.2, -0.15) is 5.10 Å². The molecule has 2 amide bonds. The van der Waals surface area contributed by atoms with E-state index in [0.29, 0.717) is 25.9 Å². The molecule has 1 atom stereocenters. The number of carboxylic acids is 1. The molecule has 7 heteroatoms. The molecule has 7 nitrogen and oxygen atoms in total.